The van der Waals surface area contributed by atoms with Crippen molar-refractivity contribution in [3.8, 4) is 0 Å². The highest BCUT2D eigenvalue weighted by Gasteiger charge is 2.28. The number of thioether (sulfide) groups is 1. The summed E-state index contributed by atoms with van der Waals surface area (Å²) in [7, 11) is 1.56. The molecule has 0 fully saturated rings. The normalized spacial score (nSPS) is 11.8. The van der Waals surface area contributed by atoms with Gasteiger partial charge in [-0.2, -0.15) is 0 Å². The fourth-order valence-corrected chi connectivity index (χ4v) is 4.53. The summed E-state index contributed by atoms with van der Waals surface area (Å²) in [5.74, 6) is 0.431. The number of amides is 2. The summed E-state index contributed by atoms with van der Waals surface area (Å²) < 4.78 is 0. The van der Waals surface area contributed by atoms with E-state index in [1.54, 1.807) is 42.3 Å². The Morgan fingerprint density at radius 3 is 2.37 bits per heavy atom. The van der Waals surface area contributed by atoms with Crippen LogP contribution in [-0.2, 0) is 21.9 Å². The third-order valence-corrected chi connectivity index (χ3v) is 6.78. The van der Waals surface area contributed by atoms with Crippen LogP contribution in [0.1, 0.15) is 24.5 Å². The second kappa shape index (κ2) is 12.1. The predicted molar refractivity (Wildman–Crippen MR) is 128 cm³/mol. The smallest absolute Gasteiger partial charge is 0.242 e. The third-order valence-electron chi connectivity index (χ3n) is 4.47. The lowest BCUT2D eigenvalue weighted by Gasteiger charge is -2.30. The lowest BCUT2D eigenvalue weighted by molar-refractivity contribution is -0.139. The van der Waals surface area contributed by atoms with Crippen molar-refractivity contribution >= 4 is 70.0 Å². The molecule has 0 saturated carbocycles. The fraction of sp³-hybridized carbons (Fsp3) is 0.333. The van der Waals surface area contributed by atoms with E-state index in [9.17, 15) is 9.59 Å². The van der Waals surface area contributed by atoms with Gasteiger partial charge in [-0.05, 0) is 41.8 Å². The zero-order valence-electron chi connectivity index (χ0n) is 16.6. The van der Waals surface area contributed by atoms with Gasteiger partial charge in [0.1, 0.15) is 6.04 Å². The van der Waals surface area contributed by atoms with Gasteiger partial charge in [0.05, 0.1) is 15.8 Å². The van der Waals surface area contributed by atoms with Crippen LogP contribution < -0.4 is 5.32 Å². The minimum atomic E-state index is -0.597. The summed E-state index contributed by atoms with van der Waals surface area (Å²) in [5, 5.41) is 4.57. The van der Waals surface area contributed by atoms with Crippen LogP contribution >= 0.6 is 58.2 Å². The van der Waals surface area contributed by atoms with E-state index < -0.39 is 6.04 Å². The zero-order valence-corrected chi connectivity index (χ0v) is 20.4. The molecule has 2 aromatic carbocycles. The van der Waals surface area contributed by atoms with Crippen molar-refractivity contribution in [3.63, 3.8) is 0 Å². The van der Waals surface area contributed by atoms with Gasteiger partial charge < -0.3 is 10.2 Å². The maximum atomic E-state index is 13.1. The number of carbonyl (C=O) groups is 2. The van der Waals surface area contributed by atoms with Gasteiger partial charge in [0.15, 0.2) is 0 Å². The van der Waals surface area contributed by atoms with Crippen LogP contribution in [0.15, 0.2) is 36.4 Å². The molecule has 30 heavy (non-hydrogen) atoms. The van der Waals surface area contributed by atoms with Gasteiger partial charge in [0.2, 0.25) is 11.8 Å². The highest BCUT2D eigenvalue weighted by atomic mass is 35.5. The number of likely N-dealkylation sites (N-methyl/N-ethyl adjacent to an activating group) is 1. The second-order valence-electron chi connectivity index (χ2n) is 6.54. The maximum absolute atomic E-state index is 13.1. The van der Waals surface area contributed by atoms with Crippen molar-refractivity contribution in [3.05, 3.63) is 67.6 Å². The average Bonchev–Trinajstić information content (AvgIpc) is 2.71. The molecule has 4 nitrogen and oxygen atoms in total. The van der Waals surface area contributed by atoms with Crippen LogP contribution in [0.5, 0.6) is 0 Å². The molecule has 0 aliphatic carbocycles. The van der Waals surface area contributed by atoms with Crippen LogP contribution in [0, 0.1) is 0 Å². The molecule has 9 heteroatoms. The maximum Gasteiger partial charge on any atom is 0.242 e. The Bertz CT molecular complexity index is 911. The van der Waals surface area contributed by atoms with Crippen LogP contribution in [0.25, 0.3) is 0 Å². The number of halogens is 4. The van der Waals surface area contributed by atoms with E-state index >= 15 is 0 Å². The van der Waals surface area contributed by atoms with Gasteiger partial charge in [0, 0.05) is 29.4 Å². The molecule has 1 N–H and O–H groups in total. The standard InChI is InChI=1S/C21H22Cl4N2O2S/c1-3-19(21(29)26-2)27(10-14-5-6-15(22)9-17(14)24)20(28)12-30-11-13-4-7-16(23)18(25)8-13/h4-9,19H,3,10-12H2,1-2H3,(H,26,29). The quantitative estimate of drug-likeness (QED) is 0.447. The minimum absolute atomic E-state index is 0.151. The van der Waals surface area contributed by atoms with Gasteiger partial charge in [0.25, 0.3) is 0 Å². The Balaban J connectivity index is 2.14. The first-order valence-electron chi connectivity index (χ1n) is 9.23. The Hall–Kier alpha value is -1.11. The SMILES string of the molecule is CCC(C(=O)NC)N(Cc1ccc(Cl)cc1Cl)C(=O)CSCc1ccc(Cl)c(Cl)c1. The molecule has 1 unspecified atom stereocenters. The van der Waals surface area contributed by atoms with E-state index in [-0.39, 0.29) is 24.1 Å². The van der Waals surface area contributed by atoms with Crippen molar-refractivity contribution in [1.29, 1.82) is 0 Å². The second-order valence-corrected chi connectivity index (χ2v) is 9.18. The van der Waals surface area contributed by atoms with E-state index in [4.69, 9.17) is 46.4 Å². The first-order chi connectivity index (χ1) is 14.3. The van der Waals surface area contributed by atoms with Crippen molar-refractivity contribution in [2.24, 2.45) is 0 Å². The molecule has 1 atom stereocenters. The third kappa shape index (κ3) is 6.96. The molecule has 2 aromatic rings. The number of carbonyl (C=O) groups excluding carboxylic acids is 2. The monoisotopic (exact) mass is 506 g/mol. The lowest BCUT2D eigenvalue weighted by Crippen LogP contribution is -2.48. The molecule has 2 amide bonds. The number of benzene rings is 2. The Morgan fingerprint density at radius 1 is 1.03 bits per heavy atom. The summed E-state index contributed by atoms with van der Waals surface area (Å²) in [6.45, 7) is 2.08. The first-order valence-corrected chi connectivity index (χ1v) is 11.9. The van der Waals surface area contributed by atoms with Gasteiger partial charge in [-0.15, -0.1) is 11.8 Å². The molecule has 0 bridgehead atoms. The van der Waals surface area contributed by atoms with Gasteiger partial charge >= 0.3 is 0 Å². The Kier molecular flexibility index (Phi) is 10.1. The van der Waals surface area contributed by atoms with Crippen LogP contribution in [-0.4, -0.2) is 35.6 Å². The van der Waals surface area contributed by atoms with E-state index in [0.717, 1.165) is 11.1 Å². The number of hydrogen-bond acceptors (Lipinski definition) is 3. The van der Waals surface area contributed by atoms with Gasteiger partial charge in [-0.1, -0.05) is 65.5 Å². The van der Waals surface area contributed by atoms with Crippen molar-refractivity contribution in [1.82, 2.24) is 10.2 Å². The summed E-state index contributed by atoms with van der Waals surface area (Å²) in [6, 6.07) is 9.90. The highest BCUT2D eigenvalue weighted by molar-refractivity contribution is 7.99. The van der Waals surface area contributed by atoms with Crippen LogP contribution in [0.3, 0.4) is 0 Å². The molecule has 0 radical (unpaired) electrons. The molecule has 0 heterocycles. The Labute approximate surface area is 201 Å². The van der Waals surface area contributed by atoms with E-state index in [0.29, 0.717) is 32.3 Å². The first kappa shape index (κ1) is 25.2. The zero-order chi connectivity index (χ0) is 22.3. The van der Waals surface area contributed by atoms with Crippen molar-refractivity contribution in [2.75, 3.05) is 12.8 Å². The molecular weight excluding hydrogens is 486 g/mol. The molecule has 2 rings (SSSR count). The number of nitrogens with zero attached hydrogens (tertiary/aromatic N) is 1. The predicted octanol–water partition coefficient (Wildman–Crippen LogP) is 6.09. The molecule has 0 spiro atoms. The number of hydrogen-bond donors (Lipinski definition) is 1. The molecule has 0 saturated heterocycles. The van der Waals surface area contributed by atoms with Crippen molar-refractivity contribution < 1.29 is 9.59 Å². The Morgan fingerprint density at radius 2 is 1.77 bits per heavy atom. The number of rotatable bonds is 9. The summed E-state index contributed by atoms with van der Waals surface area (Å²) in [4.78, 5) is 27.0. The molecular formula is C21H22Cl4N2O2S. The number of nitrogens with one attached hydrogen (secondary N) is 1. The summed E-state index contributed by atoms with van der Waals surface area (Å²) in [6.07, 6.45) is 0.480. The van der Waals surface area contributed by atoms with Crippen LogP contribution in [0.4, 0.5) is 0 Å². The van der Waals surface area contributed by atoms with Gasteiger partial charge in [-0.25, -0.2) is 0 Å². The summed E-state index contributed by atoms with van der Waals surface area (Å²) >= 11 is 25.7. The topological polar surface area (TPSA) is 49.4 Å². The lowest BCUT2D eigenvalue weighted by atomic mass is 10.1. The largest absolute Gasteiger partial charge is 0.357 e. The molecule has 162 valence electrons. The molecule has 0 aromatic heterocycles. The van der Waals surface area contributed by atoms with E-state index in [2.05, 4.69) is 5.32 Å². The van der Waals surface area contributed by atoms with Crippen molar-refractivity contribution in [2.45, 2.75) is 31.7 Å². The van der Waals surface area contributed by atoms with Gasteiger partial charge in [-0.3, -0.25) is 9.59 Å². The van der Waals surface area contributed by atoms with E-state index in [1.165, 1.54) is 11.8 Å². The molecule has 0 aliphatic heterocycles. The van der Waals surface area contributed by atoms with Crippen LogP contribution in [0.2, 0.25) is 20.1 Å². The highest BCUT2D eigenvalue weighted by Crippen LogP contribution is 2.26. The molecule has 0 aliphatic rings. The fourth-order valence-electron chi connectivity index (χ4n) is 2.89. The van der Waals surface area contributed by atoms with E-state index in [1.807, 2.05) is 13.0 Å². The average molecular weight is 508 g/mol. The summed E-state index contributed by atoms with van der Waals surface area (Å²) in [5.41, 5.74) is 1.69. The minimum Gasteiger partial charge on any atom is -0.357 e.